The molecule has 1 rings (SSSR count). The summed E-state index contributed by atoms with van der Waals surface area (Å²) in [7, 11) is 1.39. The zero-order valence-corrected chi connectivity index (χ0v) is 9.49. The highest BCUT2D eigenvalue weighted by Crippen LogP contribution is 2.16. The fourth-order valence-electron chi connectivity index (χ4n) is 1.15. The van der Waals surface area contributed by atoms with Gasteiger partial charge in [-0.05, 0) is 19.1 Å². The van der Waals surface area contributed by atoms with E-state index in [9.17, 15) is 14.0 Å². The Hall–Kier alpha value is -2.11. The van der Waals surface area contributed by atoms with Crippen molar-refractivity contribution in [2.45, 2.75) is 13.0 Å². The third kappa shape index (κ3) is 3.17. The number of hydrogen-bond donors (Lipinski definition) is 2. The molecule has 2 amide bonds. The van der Waals surface area contributed by atoms with E-state index < -0.39 is 23.7 Å². The number of rotatable bonds is 4. The van der Waals surface area contributed by atoms with Gasteiger partial charge in [-0.15, -0.1) is 0 Å². The van der Waals surface area contributed by atoms with Crippen LogP contribution in [0.25, 0.3) is 0 Å². The van der Waals surface area contributed by atoms with Crippen molar-refractivity contribution in [1.29, 1.82) is 0 Å². The van der Waals surface area contributed by atoms with E-state index in [0.29, 0.717) is 5.75 Å². The minimum atomic E-state index is -0.857. The predicted molar refractivity (Wildman–Crippen MR) is 59.1 cm³/mol. The molecule has 6 heteroatoms. The van der Waals surface area contributed by atoms with E-state index >= 15 is 0 Å². The minimum Gasteiger partial charge on any atom is -0.497 e. The number of nitrogens with two attached hydrogens (primary N) is 1. The van der Waals surface area contributed by atoms with E-state index in [0.717, 1.165) is 6.07 Å². The lowest BCUT2D eigenvalue weighted by Gasteiger charge is -2.11. The van der Waals surface area contributed by atoms with Crippen molar-refractivity contribution in [2.75, 3.05) is 7.11 Å². The normalized spacial score (nSPS) is 11.7. The topological polar surface area (TPSA) is 81.4 Å². The van der Waals surface area contributed by atoms with Crippen LogP contribution in [0.2, 0.25) is 0 Å². The maximum absolute atomic E-state index is 13.5. The highest BCUT2D eigenvalue weighted by molar-refractivity contribution is 5.97. The molecule has 92 valence electrons. The van der Waals surface area contributed by atoms with Crippen LogP contribution in [0.5, 0.6) is 5.75 Å². The van der Waals surface area contributed by atoms with E-state index in [1.54, 1.807) is 0 Å². The van der Waals surface area contributed by atoms with Crippen LogP contribution in [0.4, 0.5) is 4.39 Å². The molecular weight excluding hydrogens is 227 g/mol. The fourth-order valence-corrected chi connectivity index (χ4v) is 1.15. The predicted octanol–water partition coefficient (Wildman–Crippen LogP) is 0.438. The van der Waals surface area contributed by atoms with Crippen molar-refractivity contribution in [3.8, 4) is 5.75 Å². The summed E-state index contributed by atoms with van der Waals surface area (Å²) in [6.45, 7) is 1.42. The highest BCUT2D eigenvalue weighted by Gasteiger charge is 2.17. The van der Waals surface area contributed by atoms with Gasteiger partial charge in [-0.25, -0.2) is 4.39 Å². The summed E-state index contributed by atoms with van der Waals surface area (Å²) in [5, 5.41) is 2.28. The number of hydrogen-bond acceptors (Lipinski definition) is 3. The van der Waals surface area contributed by atoms with Gasteiger partial charge >= 0.3 is 0 Å². The molecule has 0 radical (unpaired) electrons. The van der Waals surface area contributed by atoms with Gasteiger partial charge in [0.1, 0.15) is 17.6 Å². The second-order valence-electron chi connectivity index (χ2n) is 3.44. The first-order chi connectivity index (χ1) is 7.95. The van der Waals surface area contributed by atoms with Crippen LogP contribution in [0.1, 0.15) is 17.3 Å². The van der Waals surface area contributed by atoms with Gasteiger partial charge in [0.2, 0.25) is 5.91 Å². The zero-order chi connectivity index (χ0) is 13.0. The summed E-state index contributed by atoms with van der Waals surface area (Å²) in [6, 6.07) is 2.96. The Morgan fingerprint density at radius 1 is 1.47 bits per heavy atom. The summed E-state index contributed by atoms with van der Waals surface area (Å²) in [5.74, 6) is -1.80. The molecule has 0 heterocycles. The Morgan fingerprint density at radius 3 is 2.59 bits per heavy atom. The van der Waals surface area contributed by atoms with Gasteiger partial charge in [0.25, 0.3) is 5.91 Å². The number of methoxy groups -OCH3 is 1. The van der Waals surface area contributed by atoms with Gasteiger partial charge in [0.05, 0.1) is 12.7 Å². The Bertz CT molecular complexity index is 448. The molecule has 0 saturated carbocycles. The van der Waals surface area contributed by atoms with Gasteiger partial charge in [0, 0.05) is 6.07 Å². The highest BCUT2D eigenvalue weighted by atomic mass is 19.1. The number of carbonyl (C=O) groups excluding carboxylic acids is 2. The first-order valence-electron chi connectivity index (χ1n) is 4.89. The molecule has 0 aliphatic heterocycles. The maximum atomic E-state index is 13.5. The lowest BCUT2D eigenvalue weighted by atomic mass is 10.1. The third-order valence-electron chi connectivity index (χ3n) is 2.20. The number of amides is 2. The first-order valence-corrected chi connectivity index (χ1v) is 4.89. The molecule has 1 aromatic carbocycles. The number of carbonyl (C=O) groups is 2. The number of primary amides is 1. The number of ether oxygens (including phenoxy) is 1. The second kappa shape index (κ2) is 5.29. The van der Waals surface area contributed by atoms with Gasteiger partial charge in [0.15, 0.2) is 0 Å². The van der Waals surface area contributed by atoms with Crippen molar-refractivity contribution >= 4 is 11.8 Å². The lowest BCUT2D eigenvalue weighted by molar-refractivity contribution is -0.119. The molecule has 0 saturated heterocycles. The van der Waals surface area contributed by atoms with Crippen LogP contribution in [0.15, 0.2) is 18.2 Å². The molecule has 17 heavy (non-hydrogen) atoms. The van der Waals surface area contributed by atoms with Crippen LogP contribution < -0.4 is 15.8 Å². The first kappa shape index (κ1) is 13.0. The van der Waals surface area contributed by atoms with Crippen LogP contribution in [0.3, 0.4) is 0 Å². The van der Waals surface area contributed by atoms with Crippen molar-refractivity contribution in [3.63, 3.8) is 0 Å². The van der Waals surface area contributed by atoms with Crippen LogP contribution in [0, 0.1) is 5.82 Å². The minimum absolute atomic E-state index is 0.168. The Morgan fingerprint density at radius 2 is 2.12 bits per heavy atom. The maximum Gasteiger partial charge on any atom is 0.254 e. The number of benzene rings is 1. The zero-order valence-electron chi connectivity index (χ0n) is 9.49. The summed E-state index contributed by atoms with van der Waals surface area (Å²) in [5.41, 5.74) is 4.81. The van der Waals surface area contributed by atoms with E-state index in [1.807, 2.05) is 0 Å². The van der Waals surface area contributed by atoms with E-state index in [1.165, 1.54) is 26.2 Å². The largest absolute Gasteiger partial charge is 0.497 e. The average molecular weight is 240 g/mol. The molecular formula is C11H13FN2O3. The Balaban J connectivity index is 2.86. The molecule has 0 aliphatic carbocycles. The molecule has 0 spiro atoms. The molecule has 0 aliphatic rings. The Labute approximate surface area is 97.7 Å². The smallest absolute Gasteiger partial charge is 0.254 e. The van der Waals surface area contributed by atoms with E-state index in [4.69, 9.17) is 10.5 Å². The summed E-state index contributed by atoms with van der Waals surface area (Å²) in [4.78, 5) is 22.3. The molecule has 5 nitrogen and oxygen atoms in total. The average Bonchev–Trinajstić information content (AvgIpc) is 2.28. The molecule has 0 aromatic heterocycles. The molecule has 3 N–H and O–H groups in total. The number of nitrogens with one attached hydrogen (secondary N) is 1. The van der Waals surface area contributed by atoms with Crippen LogP contribution in [-0.2, 0) is 4.79 Å². The van der Waals surface area contributed by atoms with E-state index in [-0.39, 0.29) is 5.56 Å². The Kier molecular flexibility index (Phi) is 4.03. The van der Waals surface area contributed by atoms with Gasteiger partial charge < -0.3 is 15.8 Å². The third-order valence-corrected chi connectivity index (χ3v) is 2.20. The molecule has 1 unspecified atom stereocenters. The quantitative estimate of drug-likeness (QED) is 0.801. The van der Waals surface area contributed by atoms with Crippen LogP contribution in [-0.4, -0.2) is 25.0 Å². The van der Waals surface area contributed by atoms with Crippen molar-refractivity contribution in [2.24, 2.45) is 5.73 Å². The molecule has 1 atom stereocenters. The summed E-state index contributed by atoms with van der Waals surface area (Å²) >= 11 is 0. The standard InChI is InChI=1S/C11H13FN2O3/c1-6(10(13)15)14-11(16)8-4-3-7(17-2)5-9(8)12/h3-6H,1-2H3,(H2,13,15)(H,14,16). The molecule has 0 fully saturated rings. The van der Waals surface area contributed by atoms with Crippen molar-refractivity contribution in [3.05, 3.63) is 29.6 Å². The monoisotopic (exact) mass is 240 g/mol. The fraction of sp³-hybridized carbons (Fsp3) is 0.273. The van der Waals surface area contributed by atoms with E-state index in [2.05, 4.69) is 5.32 Å². The van der Waals surface area contributed by atoms with Crippen molar-refractivity contribution < 1.29 is 18.7 Å². The second-order valence-corrected chi connectivity index (χ2v) is 3.44. The molecule has 0 bridgehead atoms. The molecule has 1 aromatic rings. The number of halogens is 1. The van der Waals surface area contributed by atoms with Crippen molar-refractivity contribution in [1.82, 2.24) is 5.32 Å². The summed E-state index contributed by atoms with van der Waals surface area (Å²) in [6.07, 6.45) is 0. The van der Waals surface area contributed by atoms with Crippen LogP contribution >= 0.6 is 0 Å². The van der Waals surface area contributed by atoms with Gasteiger partial charge in [-0.3, -0.25) is 9.59 Å². The van der Waals surface area contributed by atoms with Gasteiger partial charge in [-0.1, -0.05) is 0 Å². The summed E-state index contributed by atoms with van der Waals surface area (Å²) < 4.78 is 18.3. The SMILES string of the molecule is COc1ccc(C(=O)NC(C)C(N)=O)c(F)c1. The lowest BCUT2D eigenvalue weighted by Crippen LogP contribution is -2.42. The van der Waals surface area contributed by atoms with Gasteiger partial charge in [-0.2, -0.15) is 0 Å².